The monoisotopic (exact) mass is 1420 g/mol. The van der Waals surface area contributed by atoms with E-state index in [9.17, 15) is 43.5 Å². The molecule has 100 heavy (non-hydrogen) atoms. The van der Waals surface area contributed by atoms with E-state index < -0.39 is 11.9 Å². The van der Waals surface area contributed by atoms with Gasteiger partial charge in [-0.2, -0.15) is 0 Å². The lowest BCUT2D eigenvalue weighted by atomic mass is 9.81. The minimum absolute atomic E-state index is 0.0326. The number of nitrogens with zero attached hydrogens (tertiary/aromatic N) is 5. The fourth-order valence-corrected chi connectivity index (χ4v) is 18.6. The summed E-state index contributed by atoms with van der Waals surface area (Å²) in [7, 11) is 6.05. The van der Waals surface area contributed by atoms with Crippen LogP contribution in [0.5, 0.6) is 0 Å². The molecule has 0 spiro atoms. The van der Waals surface area contributed by atoms with E-state index in [1.807, 2.05) is 119 Å². The summed E-state index contributed by atoms with van der Waals surface area (Å²) in [5.41, 5.74) is 4.90. The number of piperidine rings is 2. The molecular weight excluding hydrogens is 1320 g/mol. The highest BCUT2D eigenvalue weighted by Gasteiger charge is 2.42. The number of carbonyl (C=O) groups is 8. The fraction of sp³-hybridized carbons (Fsp3) is 0.519. The first-order valence-corrected chi connectivity index (χ1v) is 38.7. The number of carboxylic acid groups (broad SMARTS) is 1. The van der Waals surface area contributed by atoms with Gasteiger partial charge in [-0.1, -0.05) is 131 Å². The van der Waals surface area contributed by atoms with Crippen molar-refractivity contribution in [3.8, 4) is 31.3 Å². The molecule has 7 amide bonds. The van der Waals surface area contributed by atoms with E-state index >= 15 is 0 Å². The Hall–Kier alpha value is -7.88. The van der Waals surface area contributed by atoms with Crippen LogP contribution in [0.1, 0.15) is 185 Å². The normalized spacial score (nSPS) is 21.4. The zero-order valence-electron chi connectivity index (χ0n) is 59.3. The average Bonchev–Trinajstić information content (AvgIpc) is 1.59. The molecule has 6 fully saturated rings. The molecule has 3 N–H and O–H groups in total. The van der Waals surface area contributed by atoms with Gasteiger partial charge in [-0.05, 0) is 168 Å². The summed E-state index contributed by atoms with van der Waals surface area (Å²) in [6.45, 7) is 8.95. The maximum absolute atomic E-state index is 14.1. The van der Waals surface area contributed by atoms with Crippen molar-refractivity contribution in [2.24, 2.45) is 35.5 Å². The molecule has 3 aromatic heterocycles. The molecule has 0 atom stereocenters. The van der Waals surface area contributed by atoms with Gasteiger partial charge in [0.15, 0.2) is 0 Å². The van der Waals surface area contributed by atoms with Gasteiger partial charge in [0.25, 0.3) is 0 Å². The predicted octanol–water partition coefficient (Wildman–Crippen LogP) is 16.9. The Bertz CT molecular complexity index is 3720. The maximum Gasteiger partial charge on any atom is 0.350 e. The molecule has 0 unspecified atom stereocenters. The average molecular weight is 1420 g/mol. The lowest BCUT2D eigenvalue weighted by Crippen LogP contribution is -2.52. The summed E-state index contributed by atoms with van der Waals surface area (Å²) in [4.78, 5) is 117. The van der Waals surface area contributed by atoms with Crippen molar-refractivity contribution in [3.05, 3.63) is 124 Å². The smallest absolute Gasteiger partial charge is 0.350 e. The van der Waals surface area contributed by atoms with Gasteiger partial charge in [-0.25, -0.2) is 24.0 Å². The molecule has 5 heterocycles. The van der Waals surface area contributed by atoms with Gasteiger partial charge in [0, 0.05) is 90.8 Å². The summed E-state index contributed by atoms with van der Waals surface area (Å²) < 4.78 is 10.3. The van der Waals surface area contributed by atoms with Gasteiger partial charge in [0.05, 0.1) is 31.3 Å². The van der Waals surface area contributed by atoms with Crippen LogP contribution in [-0.4, -0.2) is 135 Å². The number of aromatic carboxylic acids is 1. The first-order valence-electron chi connectivity index (χ1n) is 36.3. The number of amides is 7. The number of ether oxygens (including phenoxy) is 2. The molecule has 6 aromatic rings. The van der Waals surface area contributed by atoms with Crippen molar-refractivity contribution in [1.29, 1.82) is 0 Å². The van der Waals surface area contributed by atoms with Crippen LogP contribution in [0.3, 0.4) is 0 Å². The van der Waals surface area contributed by atoms with Crippen LogP contribution >= 0.6 is 34.0 Å². The first kappa shape index (κ1) is 74.8. The van der Waals surface area contributed by atoms with Crippen LogP contribution in [0.2, 0.25) is 0 Å². The number of thiophene rings is 3. The Labute approximate surface area is 602 Å². The SMILES string of the molecule is CNC(=O)N1CCC(N(C(=O)C2CCC(C)CC2)c2cc(-c3ccccc3)sc2C(=O)O)CC1.CNC(=O)N1CCC(N(C(=O)C2CCC(C)CC2)c2cc(-c3ccccc3)sc2C(=O)OC)CC1.COC(=O)c1sc(-c2ccccc2)cc1N(C(=O)C1CCC(C)CC1)C1CCCCC1. The van der Waals surface area contributed by atoms with Crippen molar-refractivity contribution in [1.82, 2.24) is 20.4 Å². The second kappa shape index (κ2) is 35.6. The molecule has 536 valence electrons. The molecule has 3 aromatic carbocycles. The standard InChI is InChI=1S/C27H35N3O4S.C26H33N3O4S.C26H33NO3S/c1-18-9-11-20(12-10-18)25(31)30(21-13-15-29(16-14-21)27(33)28-2)22-17-23(19-7-5-4-6-8-19)35-24(22)26(32)34-3;1-17-8-10-19(11-9-17)24(30)29(20-12-14-28(15-13-20)26(33)27-2)21-16-22(34-23(21)25(31)32)18-6-4-3-5-7-18;1-18-13-15-20(16-14-18)25(28)27(21-11-7-4-8-12-21)22-17-23(19-9-5-3-6-10-19)31-24(22)26(29)30-2/h4-8,17-18,20-21H,9-16H2,1-3H3,(H,28,33);3-7,16-17,19-20H,8-15H2,1-2H3,(H,27,33)(H,31,32);3,5-6,9-10,17-18,20-21H,4,7-8,11-16H2,1-2H3. The number of urea groups is 2. The van der Waals surface area contributed by atoms with Gasteiger partial charge in [-0.3, -0.25) is 14.4 Å². The lowest BCUT2D eigenvalue weighted by Gasteiger charge is -2.40. The van der Waals surface area contributed by atoms with Gasteiger partial charge in [0.1, 0.15) is 14.6 Å². The number of carboxylic acids is 1. The zero-order chi connectivity index (χ0) is 71.0. The molecule has 2 saturated heterocycles. The van der Waals surface area contributed by atoms with Crippen LogP contribution in [-0.2, 0) is 23.9 Å². The lowest BCUT2D eigenvalue weighted by molar-refractivity contribution is -0.125. The number of esters is 2. The van der Waals surface area contributed by atoms with Crippen molar-refractivity contribution in [2.75, 3.05) is 69.2 Å². The minimum Gasteiger partial charge on any atom is -0.477 e. The van der Waals surface area contributed by atoms with Gasteiger partial charge >= 0.3 is 30.0 Å². The van der Waals surface area contributed by atoms with Crippen molar-refractivity contribution in [2.45, 2.75) is 174 Å². The van der Waals surface area contributed by atoms with E-state index in [1.54, 1.807) is 28.8 Å². The number of hydrogen-bond acceptors (Lipinski definition) is 13. The van der Waals surface area contributed by atoms with Crippen LogP contribution in [0.25, 0.3) is 31.3 Å². The van der Waals surface area contributed by atoms with E-state index in [1.165, 1.54) is 54.7 Å². The van der Waals surface area contributed by atoms with Crippen molar-refractivity contribution < 1.29 is 52.9 Å². The Morgan fingerprint density at radius 1 is 0.400 bits per heavy atom. The zero-order valence-corrected chi connectivity index (χ0v) is 61.7. The third kappa shape index (κ3) is 18.2. The second-order valence-electron chi connectivity index (χ2n) is 28.2. The Kier molecular flexibility index (Phi) is 26.7. The quantitative estimate of drug-likeness (QED) is 0.0822. The number of anilines is 3. The Morgan fingerprint density at radius 2 is 0.680 bits per heavy atom. The van der Waals surface area contributed by atoms with E-state index in [0.29, 0.717) is 90.7 Å². The van der Waals surface area contributed by atoms with Gasteiger partial charge in [-0.15, -0.1) is 34.0 Å². The van der Waals surface area contributed by atoms with Crippen LogP contribution < -0.4 is 25.3 Å². The number of methoxy groups -OCH3 is 2. The highest BCUT2D eigenvalue weighted by atomic mass is 32.1. The number of likely N-dealkylation sites (tertiary alicyclic amines) is 2. The van der Waals surface area contributed by atoms with Crippen LogP contribution in [0, 0.1) is 35.5 Å². The first-order chi connectivity index (χ1) is 48.4. The van der Waals surface area contributed by atoms with Gasteiger partial charge < -0.3 is 49.7 Å². The van der Waals surface area contributed by atoms with E-state index in [2.05, 4.69) is 31.4 Å². The molecule has 2 aliphatic heterocycles. The van der Waals surface area contributed by atoms with Gasteiger partial charge in [0.2, 0.25) is 17.7 Å². The Balaban J connectivity index is 0.000000162. The molecule has 4 aliphatic carbocycles. The molecule has 4 saturated carbocycles. The number of rotatable bonds is 15. The molecule has 18 nitrogen and oxygen atoms in total. The molecule has 0 bridgehead atoms. The van der Waals surface area contributed by atoms with E-state index in [0.717, 1.165) is 140 Å². The van der Waals surface area contributed by atoms with Crippen molar-refractivity contribution in [3.63, 3.8) is 0 Å². The molecule has 0 radical (unpaired) electrons. The molecule has 6 aliphatic rings. The highest BCUT2D eigenvalue weighted by Crippen LogP contribution is 2.46. The second-order valence-corrected chi connectivity index (χ2v) is 31.4. The predicted molar refractivity (Wildman–Crippen MR) is 400 cm³/mol. The van der Waals surface area contributed by atoms with E-state index in [4.69, 9.17) is 9.47 Å². The minimum atomic E-state index is -1.01. The highest BCUT2D eigenvalue weighted by molar-refractivity contribution is 7.18. The third-order valence-corrected chi connectivity index (χ3v) is 24.9. The van der Waals surface area contributed by atoms with Crippen LogP contribution in [0.15, 0.2) is 109 Å². The summed E-state index contributed by atoms with van der Waals surface area (Å²) in [5.74, 6) is 0.423. The molecule has 12 rings (SSSR count). The number of nitrogens with one attached hydrogen (secondary N) is 2. The topological polar surface area (TPSA) is 216 Å². The number of carbonyl (C=O) groups excluding carboxylic acids is 7. The number of benzene rings is 3. The summed E-state index contributed by atoms with van der Waals surface area (Å²) in [6, 6.07) is 35.3. The summed E-state index contributed by atoms with van der Waals surface area (Å²) in [5, 5.41) is 15.4. The fourth-order valence-electron chi connectivity index (χ4n) is 15.5. The molecular formula is C79H101N7O11S3. The van der Waals surface area contributed by atoms with E-state index in [-0.39, 0.29) is 76.5 Å². The Morgan fingerprint density at radius 3 is 0.960 bits per heavy atom. The van der Waals surface area contributed by atoms with Crippen LogP contribution in [0.4, 0.5) is 26.7 Å². The number of hydrogen-bond donors (Lipinski definition) is 3. The largest absolute Gasteiger partial charge is 0.477 e. The molecule has 21 heteroatoms. The van der Waals surface area contributed by atoms with Crippen molar-refractivity contribution >= 4 is 98.8 Å². The summed E-state index contributed by atoms with van der Waals surface area (Å²) >= 11 is 4.02. The summed E-state index contributed by atoms with van der Waals surface area (Å²) in [6.07, 6.45) is 19.8. The third-order valence-electron chi connectivity index (χ3n) is 21.4. The maximum atomic E-state index is 14.1.